The van der Waals surface area contributed by atoms with E-state index in [1.807, 2.05) is 12.1 Å². The average Bonchev–Trinajstić information content (AvgIpc) is 2.53. The average molecular weight is 286 g/mol. The molecule has 2 aromatic carbocycles. The van der Waals surface area contributed by atoms with Crippen molar-refractivity contribution in [1.29, 1.82) is 0 Å². The lowest BCUT2D eigenvalue weighted by atomic mass is 10.3. The minimum atomic E-state index is -0.763. The summed E-state index contributed by atoms with van der Waals surface area (Å²) in [6.45, 7) is -0.665. The van der Waals surface area contributed by atoms with Gasteiger partial charge >= 0.3 is 11.9 Å². The van der Waals surface area contributed by atoms with Crippen LogP contribution in [-0.4, -0.2) is 25.2 Å². The van der Waals surface area contributed by atoms with Crippen LogP contribution in [0.15, 0.2) is 60.7 Å². The molecule has 0 radical (unpaired) electrons. The number of hydrogen-bond acceptors (Lipinski definition) is 5. The molecule has 0 unspecified atom stereocenters. The molecule has 0 aliphatic heterocycles. The number of esters is 2. The molecule has 0 atom stereocenters. The molecule has 5 heteroatoms. The highest BCUT2D eigenvalue weighted by molar-refractivity contribution is 5.86. The molecule has 0 fully saturated rings. The molecule has 108 valence electrons. The molecule has 0 bridgehead atoms. The molecule has 0 aliphatic carbocycles. The maximum absolute atomic E-state index is 11.4. The zero-order valence-electron chi connectivity index (χ0n) is 11.2. The Morgan fingerprint density at radius 2 is 1.05 bits per heavy atom. The minimum absolute atomic E-state index is 0.332. The molecule has 0 amide bonds. The fourth-order valence-electron chi connectivity index (χ4n) is 1.50. The van der Waals surface area contributed by atoms with Crippen molar-refractivity contribution < 1.29 is 23.8 Å². The van der Waals surface area contributed by atoms with Gasteiger partial charge in [-0.05, 0) is 24.3 Å². The molecular weight excluding hydrogens is 272 g/mol. The van der Waals surface area contributed by atoms with E-state index < -0.39 is 11.9 Å². The van der Waals surface area contributed by atoms with Crippen molar-refractivity contribution in [2.24, 2.45) is 0 Å². The Kier molecular flexibility index (Phi) is 5.34. The number of carbonyl (C=O) groups is 2. The lowest BCUT2D eigenvalue weighted by molar-refractivity contribution is -0.162. The Morgan fingerprint density at radius 3 is 1.43 bits per heavy atom. The molecule has 2 aromatic rings. The van der Waals surface area contributed by atoms with Gasteiger partial charge in [0, 0.05) is 0 Å². The van der Waals surface area contributed by atoms with E-state index in [9.17, 15) is 9.59 Å². The summed E-state index contributed by atoms with van der Waals surface area (Å²) in [5.41, 5.74) is 0. The third-order valence-corrected chi connectivity index (χ3v) is 2.43. The van der Waals surface area contributed by atoms with Crippen LogP contribution in [-0.2, 0) is 14.3 Å². The maximum Gasteiger partial charge on any atom is 0.351 e. The first-order valence-electron chi connectivity index (χ1n) is 6.33. The predicted octanol–water partition coefficient (Wildman–Crippen LogP) is 2.21. The second-order valence-electron chi connectivity index (χ2n) is 4.05. The number of rotatable bonds is 6. The SMILES string of the molecule is O=C(COc1ccccc1)OC(=O)COc1ccccc1. The van der Waals surface area contributed by atoms with Crippen molar-refractivity contribution in [2.45, 2.75) is 0 Å². The molecule has 0 saturated carbocycles. The Bertz CT molecular complexity index is 527. The van der Waals surface area contributed by atoms with Gasteiger partial charge in [0.05, 0.1) is 0 Å². The van der Waals surface area contributed by atoms with Gasteiger partial charge in [-0.15, -0.1) is 0 Å². The standard InChI is InChI=1S/C16H14O5/c17-15(11-19-13-7-3-1-4-8-13)21-16(18)12-20-14-9-5-2-6-10-14/h1-10H,11-12H2. The first-order chi connectivity index (χ1) is 10.2. The van der Waals surface area contributed by atoms with Crippen LogP contribution in [0.4, 0.5) is 0 Å². The summed E-state index contributed by atoms with van der Waals surface area (Å²) in [7, 11) is 0. The number of carbonyl (C=O) groups excluding carboxylic acids is 2. The summed E-state index contributed by atoms with van der Waals surface area (Å²) in [4.78, 5) is 22.8. The largest absolute Gasteiger partial charge is 0.482 e. The number of para-hydroxylation sites is 2. The fourth-order valence-corrected chi connectivity index (χ4v) is 1.50. The summed E-state index contributed by atoms with van der Waals surface area (Å²) < 4.78 is 14.9. The predicted molar refractivity (Wildman–Crippen MR) is 75.0 cm³/mol. The highest BCUT2D eigenvalue weighted by atomic mass is 16.6. The van der Waals surface area contributed by atoms with Crippen molar-refractivity contribution in [2.75, 3.05) is 13.2 Å². The highest BCUT2D eigenvalue weighted by Gasteiger charge is 2.12. The van der Waals surface area contributed by atoms with E-state index >= 15 is 0 Å². The number of hydrogen-bond donors (Lipinski definition) is 0. The molecule has 0 heterocycles. The Hall–Kier alpha value is -2.82. The first kappa shape index (κ1) is 14.6. The van der Waals surface area contributed by atoms with Gasteiger partial charge in [0.1, 0.15) is 11.5 Å². The van der Waals surface area contributed by atoms with Gasteiger partial charge in [-0.2, -0.15) is 0 Å². The van der Waals surface area contributed by atoms with E-state index in [1.54, 1.807) is 48.5 Å². The molecular formula is C16H14O5. The van der Waals surface area contributed by atoms with E-state index in [0.29, 0.717) is 11.5 Å². The van der Waals surface area contributed by atoms with Gasteiger partial charge in [-0.25, -0.2) is 9.59 Å². The Labute approximate surface area is 122 Å². The van der Waals surface area contributed by atoms with Crippen molar-refractivity contribution in [3.05, 3.63) is 60.7 Å². The third-order valence-electron chi connectivity index (χ3n) is 2.43. The molecule has 5 nitrogen and oxygen atoms in total. The van der Waals surface area contributed by atoms with E-state index in [2.05, 4.69) is 4.74 Å². The molecule has 21 heavy (non-hydrogen) atoms. The summed E-state index contributed by atoms with van der Waals surface area (Å²) >= 11 is 0. The summed E-state index contributed by atoms with van der Waals surface area (Å²) in [5.74, 6) is -0.467. The summed E-state index contributed by atoms with van der Waals surface area (Å²) in [6.07, 6.45) is 0. The van der Waals surface area contributed by atoms with Crippen LogP contribution < -0.4 is 9.47 Å². The van der Waals surface area contributed by atoms with Crippen molar-refractivity contribution >= 4 is 11.9 Å². The topological polar surface area (TPSA) is 61.8 Å². The Morgan fingerprint density at radius 1 is 0.667 bits per heavy atom. The zero-order chi connectivity index (χ0) is 14.9. The molecule has 0 aromatic heterocycles. The molecule has 0 N–H and O–H groups in total. The van der Waals surface area contributed by atoms with Crippen LogP contribution in [0.3, 0.4) is 0 Å². The van der Waals surface area contributed by atoms with Crippen LogP contribution in [0, 0.1) is 0 Å². The van der Waals surface area contributed by atoms with E-state index in [4.69, 9.17) is 9.47 Å². The zero-order valence-corrected chi connectivity index (χ0v) is 11.2. The number of ether oxygens (including phenoxy) is 3. The smallest absolute Gasteiger partial charge is 0.351 e. The van der Waals surface area contributed by atoms with Crippen molar-refractivity contribution in [1.82, 2.24) is 0 Å². The lowest BCUT2D eigenvalue weighted by Crippen LogP contribution is -2.23. The second-order valence-corrected chi connectivity index (χ2v) is 4.05. The lowest BCUT2D eigenvalue weighted by Gasteiger charge is -2.07. The minimum Gasteiger partial charge on any atom is -0.482 e. The van der Waals surface area contributed by atoms with Crippen LogP contribution in [0.2, 0.25) is 0 Å². The Balaban J connectivity index is 1.69. The van der Waals surface area contributed by atoms with Crippen LogP contribution in [0.1, 0.15) is 0 Å². The van der Waals surface area contributed by atoms with Crippen LogP contribution in [0.5, 0.6) is 11.5 Å². The monoisotopic (exact) mass is 286 g/mol. The quantitative estimate of drug-likeness (QED) is 0.602. The molecule has 0 spiro atoms. The highest BCUT2D eigenvalue weighted by Crippen LogP contribution is 2.09. The summed E-state index contributed by atoms with van der Waals surface area (Å²) in [6, 6.07) is 17.6. The first-order valence-corrected chi connectivity index (χ1v) is 6.33. The number of benzene rings is 2. The van der Waals surface area contributed by atoms with Gasteiger partial charge < -0.3 is 14.2 Å². The van der Waals surface area contributed by atoms with Crippen molar-refractivity contribution in [3.63, 3.8) is 0 Å². The van der Waals surface area contributed by atoms with Gasteiger partial charge in [0.25, 0.3) is 0 Å². The normalized spacial score (nSPS) is 9.71. The molecule has 0 aliphatic rings. The van der Waals surface area contributed by atoms with Gasteiger partial charge in [0.15, 0.2) is 13.2 Å². The molecule has 0 saturated heterocycles. The van der Waals surface area contributed by atoms with Gasteiger partial charge in [0.2, 0.25) is 0 Å². The maximum atomic E-state index is 11.4. The van der Waals surface area contributed by atoms with E-state index in [-0.39, 0.29) is 13.2 Å². The van der Waals surface area contributed by atoms with E-state index in [1.165, 1.54) is 0 Å². The van der Waals surface area contributed by atoms with Crippen LogP contribution >= 0.6 is 0 Å². The third kappa shape index (κ3) is 5.36. The van der Waals surface area contributed by atoms with E-state index in [0.717, 1.165) is 0 Å². The van der Waals surface area contributed by atoms with Gasteiger partial charge in [-0.1, -0.05) is 36.4 Å². The summed E-state index contributed by atoms with van der Waals surface area (Å²) in [5, 5.41) is 0. The second kappa shape index (κ2) is 7.69. The van der Waals surface area contributed by atoms with Crippen LogP contribution in [0.25, 0.3) is 0 Å². The van der Waals surface area contributed by atoms with Crippen molar-refractivity contribution in [3.8, 4) is 11.5 Å². The van der Waals surface area contributed by atoms with Gasteiger partial charge in [-0.3, -0.25) is 0 Å². The molecule has 2 rings (SSSR count). The fraction of sp³-hybridized carbons (Fsp3) is 0.125.